The molecule has 0 amide bonds. The summed E-state index contributed by atoms with van der Waals surface area (Å²) in [6, 6.07) is 17.8. The molecule has 7 heteroatoms. The van der Waals surface area contributed by atoms with Crippen LogP contribution in [0.5, 0.6) is 17.2 Å². The fourth-order valence-electron chi connectivity index (χ4n) is 2.85. The largest absolute Gasteiger partial charge is 0.507 e. The van der Waals surface area contributed by atoms with Crippen molar-refractivity contribution in [1.29, 1.82) is 0 Å². The van der Waals surface area contributed by atoms with Crippen LogP contribution in [0.2, 0.25) is 0 Å². The maximum atomic E-state index is 11.8. The number of carbonyl (C=O) groups is 2. The lowest BCUT2D eigenvalue weighted by Crippen LogP contribution is -2.06. The summed E-state index contributed by atoms with van der Waals surface area (Å²) in [7, 11) is 4.27. The molecule has 0 unspecified atom stereocenters. The van der Waals surface area contributed by atoms with Gasteiger partial charge in [0.1, 0.15) is 35.0 Å². The SMILES string of the molecule is COC(=O)c1cc(C)ccc1O.COC(=O)c1cc(C)ccc1OCc1ccc(OC)cc1. The van der Waals surface area contributed by atoms with Crippen LogP contribution in [0.15, 0.2) is 60.7 Å². The molecule has 0 aliphatic rings. The maximum Gasteiger partial charge on any atom is 0.341 e. The summed E-state index contributed by atoms with van der Waals surface area (Å²) in [6.07, 6.45) is 0. The van der Waals surface area contributed by atoms with Gasteiger partial charge < -0.3 is 24.1 Å². The van der Waals surface area contributed by atoms with Crippen LogP contribution in [0.3, 0.4) is 0 Å². The molecule has 0 aliphatic heterocycles. The third-order valence-corrected chi connectivity index (χ3v) is 4.65. The van der Waals surface area contributed by atoms with Crippen molar-refractivity contribution in [2.45, 2.75) is 20.5 Å². The molecule has 0 aliphatic carbocycles. The Morgan fingerprint density at radius 1 is 0.758 bits per heavy atom. The molecule has 0 radical (unpaired) electrons. The second kappa shape index (κ2) is 12.1. The predicted molar refractivity (Wildman–Crippen MR) is 124 cm³/mol. The van der Waals surface area contributed by atoms with Gasteiger partial charge in [-0.25, -0.2) is 9.59 Å². The van der Waals surface area contributed by atoms with Crippen LogP contribution in [-0.2, 0) is 16.1 Å². The highest BCUT2D eigenvalue weighted by Crippen LogP contribution is 2.23. The molecule has 33 heavy (non-hydrogen) atoms. The van der Waals surface area contributed by atoms with Crippen LogP contribution in [0.25, 0.3) is 0 Å². The van der Waals surface area contributed by atoms with Crippen LogP contribution >= 0.6 is 0 Å². The van der Waals surface area contributed by atoms with Crippen molar-refractivity contribution in [2.24, 2.45) is 0 Å². The van der Waals surface area contributed by atoms with Gasteiger partial charge in [-0.2, -0.15) is 0 Å². The number of esters is 2. The van der Waals surface area contributed by atoms with Crippen LogP contribution in [0.4, 0.5) is 0 Å². The van der Waals surface area contributed by atoms with Gasteiger partial charge in [0.05, 0.1) is 21.3 Å². The second-order valence-corrected chi connectivity index (χ2v) is 7.14. The molecule has 3 rings (SSSR count). The van der Waals surface area contributed by atoms with E-state index in [0.717, 1.165) is 22.4 Å². The van der Waals surface area contributed by atoms with Gasteiger partial charge in [0.25, 0.3) is 0 Å². The van der Waals surface area contributed by atoms with Crippen molar-refractivity contribution in [3.63, 3.8) is 0 Å². The molecule has 3 aromatic carbocycles. The quantitative estimate of drug-likeness (QED) is 0.534. The number of phenolic OH excluding ortho intramolecular Hbond substituents is 1. The van der Waals surface area contributed by atoms with E-state index in [9.17, 15) is 14.7 Å². The fourth-order valence-corrected chi connectivity index (χ4v) is 2.85. The van der Waals surface area contributed by atoms with Crippen LogP contribution in [-0.4, -0.2) is 38.4 Å². The summed E-state index contributed by atoms with van der Waals surface area (Å²) in [6.45, 7) is 4.13. The zero-order chi connectivity index (χ0) is 24.4. The van der Waals surface area contributed by atoms with E-state index in [1.165, 1.54) is 20.3 Å². The number of aromatic hydroxyl groups is 1. The van der Waals surface area contributed by atoms with Crippen LogP contribution < -0.4 is 9.47 Å². The van der Waals surface area contributed by atoms with E-state index in [-0.39, 0.29) is 11.3 Å². The van der Waals surface area contributed by atoms with E-state index in [4.69, 9.17) is 14.2 Å². The van der Waals surface area contributed by atoms with Gasteiger partial charge in [-0.3, -0.25) is 0 Å². The maximum absolute atomic E-state index is 11.8. The molecule has 0 atom stereocenters. The van der Waals surface area contributed by atoms with E-state index in [2.05, 4.69) is 4.74 Å². The molecule has 0 saturated heterocycles. The number of aryl methyl sites for hydroxylation is 2. The molecular formula is C26H28O7. The lowest BCUT2D eigenvalue weighted by Gasteiger charge is -2.11. The van der Waals surface area contributed by atoms with Crippen molar-refractivity contribution in [1.82, 2.24) is 0 Å². The number of rotatable bonds is 6. The third-order valence-electron chi connectivity index (χ3n) is 4.65. The monoisotopic (exact) mass is 452 g/mol. The summed E-state index contributed by atoms with van der Waals surface area (Å²) in [5.74, 6) is 0.347. The summed E-state index contributed by atoms with van der Waals surface area (Å²) >= 11 is 0. The van der Waals surface area contributed by atoms with Gasteiger partial charge in [-0.15, -0.1) is 0 Å². The minimum Gasteiger partial charge on any atom is -0.507 e. The van der Waals surface area contributed by atoms with Gasteiger partial charge in [-0.05, 0) is 55.8 Å². The molecule has 7 nitrogen and oxygen atoms in total. The molecular weight excluding hydrogens is 424 g/mol. The number of carbonyl (C=O) groups excluding carboxylic acids is 2. The number of ether oxygens (including phenoxy) is 4. The number of hydrogen-bond acceptors (Lipinski definition) is 7. The first-order valence-electron chi connectivity index (χ1n) is 10.1. The highest BCUT2D eigenvalue weighted by molar-refractivity contribution is 5.93. The third kappa shape index (κ3) is 7.28. The Labute approximate surface area is 193 Å². The molecule has 0 saturated carbocycles. The first-order valence-corrected chi connectivity index (χ1v) is 10.1. The Morgan fingerprint density at radius 3 is 1.88 bits per heavy atom. The highest BCUT2D eigenvalue weighted by atomic mass is 16.5. The molecule has 0 aromatic heterocycles. The Bertz CT molecular complexity index is 1090. The molecule has 0 heterocycles. The molecule has 3 aromatic rings. The summed E-state index contributed by atoms with van der Waals surface area (Å²) in [4.78, 5) is 22.8. The zero-order valence-electron chi connectivity index (χ0n) is 19.4. The lowest BCUT2D eigenvalue weighted by atomic mass is 10.1. The minimum atomic E-state index is -0.517. The first-order chi connectivity index (χ1) is 15.8. The molecule has 0 spiro atoms. The fraction of sp³-hybridized carbons (Fsp3) is 0.231. The highest BCUT2D eigenvalue weighted by Gasteiger charge is 2.13. The van der Waals surface area contributed by atoms with E-state index in [1.807, 2.05) is 44.2 Å². The smallest absolute Gasteiger partial charge is 0.341 e. The lowest BCUT2D eigenvalue weighted by molar-refractivity contribution is 0.0587. The van der Waals surface area contributed by atoms with Crippen molar-refractivity contribution in [3.8, 4) is 17.2 Å². The van der Waals surface area contributed by atoms with Gasteiger partial charge in [0, 0.05) is 0 Å². The molecule has 0 bridgehead atoms. The van der Waals surface area contributed by atoms with E-state index in [1.54, 1.807) is 31.4 Å². The Kier molecular flexibility index (Phi) is 9.30. The molecule has 1 N–H and O–H groups in total. The van der Waals surface area contributed by atoms with E-state index in [0.29, 0.717) is 17.9 Å². The predicted octanol–water partition coefficient (Wildman–Crippen LogP) is 4.86. The van der Waals surface area contributed by atoms with Crippen LogP contribution in [0.1, 0.15) is 37.4 Å². The minimum absolute atomic E-state index is 0.0487. The van der Waals surface area contributed by atoms with Gasteiger partial charge in [0.15, 0.2) is 0 Å². The zero-order valence-corrected chi connectivity index (χ0v) is 19.4. The number of methoxy groups -OCH3 is 3. The Hall–Kier alpha value is -4.00. The average molecular weight is 453 g/mol. The topological polar surface area (TPSA) is 91.3 Å². The number of benzene rings is 3. The molecule has 0 fully saturated rings. The van der Waals surface area contributed by atoms with Crippen molar-refractivity contribution < 1.29 is 33.6 Å². The van der Waals surface area contributed by atoms with E-state index < -0.39 is 11.9 Å². The number of hydrogen-bond donors (Lipinski definition) is 1. The molecule has 174 valence electrons. The first kappa shape index (κ1) is 25.3. The summed E-state index contributed by atoms with van der Waals surface area (Å²) in [5, 5.41) is 9.24. The van der Waals surface area contributed by atoms with Crippen molar-refractivity contribution in [3.05, 3.63) is 88.5 Å². The van der Waals surface area contributed by atoms with Gasteiger partial charge in [0.2, 0.25) is 0 Å². The van der Waals surface area contributed by atoms with Crippen molar-refractivity contribution in [2.75, 3.05) is 21.3 Å². The number of phenols is 1. The Balaban J connectivity index is 0.000000273. The van der Waals surface area contributed by atoms with Crippen LogP contribution in [0, 0.1) is 13.8 Å². The standard InChI is InChI=1S/C17H18O4.C9H10O3/c1-12-4-9-16(15(10-12)17(18)20-3)21-11-13-5-7-14(19-2)8-6-13;1-6-3-4-8(10)7(5-6)9(11)12-2/h4-10H,11H2,1-3H3;3-5,10H,1-2H3. The second-order valence-electron chi connectivity index (χ2n) is 7.14. The summed E-state index contributed by atoms with van der Waals surface area (Å²) in [5.41, 5.74) is 3.52. The summed E-state index contributed by atoms with van der Waals surface area (Å²) < 4.78 is 20.1. The van der Waals surface area contributed by atoms with E-state index >= 15 is 0 Å². The average Bonchev–Trinajstić information content (AvgIpc) is 2.84. The van der Waals surface area contributed by atoms with Crippen molar-refractivity contribution >= 4 is 11.9 Å². The van der Waals surface area contributed by atoms with Gasteiger partial charge in [-0.1, -0.05) is 35.4 Å². The van der Waals surface area contributed by atoms with Gasteiger partial charge >= 0.3 is 11.9 Å². The Morgan fingerprint density at radius 2 is 1.30 bits per heavy atom. The normalized spacial score (nSPS) is 9.85.